The molecule has 3 aromatic carbocycles. The highest BCUT2D eigenvalue weighted by Gasteiger charge is 2.31. The second kappa shape index (κ2) is 14.2. The topological polar surface area (TPSA) is 88.4 Å². The van der Waals surface area contributed by atoms with Crippen molar-refractivity contribution in [3.8, 4) is 17.2 Å². The van der Waals surface area contributed by atoms with Gasteiger partial charge in [0.2, 0.25) is 0 Å². The van der Waals surface area contributed by atoms with Crippen molar-refractivity contribution in [2.24, 2.45) is 4.99 Å². The maximum absolute atomic E-state index is 13.9. The molecule has 44 heavy (non-hydrogen) atoms. The van der Waals surface area contributed by atoms with E-state index < -0.39 is 12.0 Å². The van der Waals surface area contributed by atoms with Gasteiger partial charge in [-0.1, -0.05) is 29.5 Å². The monoisotopic (exact) mass is 840 g/mol. The van der Waals surface area contributed by atoms with E-state index in [1.54, 1.807) is 30.3 Å². The first-order chi connectivity index (χ1) is 21.2. The Bertz CT molecular complexity index is 1910. The molecule has 8 nitrogen and oxygen atoms in total. The summed E-state index contributed by atoms with van der Waals surface area (Å²) in [5.74, 6) is 0.862. The molecular weight excluding hydrogens is 813 g/mol. The van der Waals surface area contributed by atoms with Crippen LogP contribution in [-0.2, 0) is 16.1 Å². The van der Waals surface area contributed by atoms with E-state index >= 15 is 0 Å². The third kappa shape index (κ3) is 6.86. The Morgan fingerprint density at radius 1 is 1.02 bits per heavy atom. The number of fused-ring (bicyclic) bond motifs is 1. The molecule has 0 fully saturated rings. The minimum atomic E-state index is -0.783. The van der Waals surface area contributed by atoms with E-state index in [2.05, 4.69) is 50.2 Å². The number of benzene rings is 3. The van der Waals surface area contributed by atoms with Gasteiger partial charge in [-0.15, -0.1) is 0 Å². The molecule has 0 saturated heterocycles. The average molecular weight is 840 g/mol. The van der Waals surface area contributed by atoms with Gasteiger partial charge in [-0.3, -0.25) is 9.36 Å². The van der Waals surface area contributed by atoms with Gasteiger partial charge in [-0.2, -0.15) is 0 Å². The van der Waals surface area contributed by atoms with Crippen LogP contribution in [0, 0.1) is 13.0 Å². The molecule has 1 atom stereocenters. The summed E-state index contributed by atoms with van der Waals surface area (Å²) in [6.45, 7) is 4.85. The van der Waals surface area contributed by atoms with E-state index in [4.69, 9.17) is 18.9 Å². The molecule has 4 aromatic rings. The molecule has 228 valence electrons. The number of hydrogen-bond donors (Lipinski definition) is 0. The lowest BCUT2D eigenvalue weighted by atomic mass is 9.97. The Labute approximate surface area is 284 Å². The van der Waals surface area contributed by atoms with Crippen LogP contribution in [0.4, 0.5) is 4.39 Å². The molecule has 1 aliphatic heterocycles. The zero-order chi connectivity index (χ0) is 31.4. The summed E-state index contributed by atoms with van der Waals surface area (Å²) in [6, 6.07) is 14.7. The van der Waals surface area contributed by atoms with Gasteiger partial charge < -0.3 is 18.9 Å². The number of halogens is 3. The van der Waals surface area contributed by atoms with Gasteiger partial charge in [0, 0.05) is 6.20 Å². The maximum Gasteiger partial charge on any atom is 0.337 e. The van der Waals surface area contributed by atoms with E-state index in [0.717, 1.165) is 18.3 Å². The predicted molar refractivity (Wildman–Crippen MR) is 183 cm³/mol. The lowest BCUT2D eigenvalue weighted by molar-refractivity contribution is -0.136. The number of nitrogens with zero attached hydrogens (tertiary/aromatic N) is 2. The zero-order valence-corrected chi connectivity index (χ0v) is 29.1. The number of methoxy groups -OCH3 is 1. The highest BCUT2D eigenvalue weighted by atomic mass is 127. The van der Waals surface area contributed by atoms with Crippen molar-refractivity contribution in [2.75, 3.05) is 20.3 Å². The molecule has 2 heterocycles. The number of carbonyl (C=O) groups is 1. The van der Waals surface area contributed by atoms with Crippen molar-refractivity contribution in [1.29, 1.82) is 0 Å². The van der Waals surface area contributed by atoms with Crippen LogP contribution in [-0.4, -0.2) is 30.9 Å². The third-order valence-electron chi connectivity index (χ3n) is 6.60. The first-order valence-electron chi connectivity index (χ1n) is 13.6. The Morgan fingerprint density at radius 2 is 1.75 bits per heavy atom. The zero-order valence-electron chi connectivity index (χ0n) is 23.9. The fourth-order valence-corrected chi connectivity index (χ4v) is 7.82. The van der Waals surface area contributed by atoms with E-state index in [1.807, 2.05) is 32.0 Å². The van der Waals surface area contributed by atoms with E-state index in [0.29, 0.717) is 45.4 Å². The van der Waals surface area contributed by atoms with Crippen molar-refractivity contribution >= 4 is 68.6 Å². The Balaban J connectivity index is 1.54. The number of hydrogen-bond acceptors (Lipinski definition) is 8. The van der Waals surface area contributed by atoms with Crippen LogP contribution in [0.3, 0.4) is 0 Å². The molecule has 0 aliphatic carbocycles. The summed E-state index contributed by atoms with van der Waals surface area (Å²) in [7, 11) is 1.30. The lowest BCUT2D eigenvalue weighted by Crippen LogP contribution is -2.39. The van der Waals surface area contributed by atoms with Gasteiger partial charge in [0.05, 0.1) is 43.6 Å². The molecule has 12 heteroatoms. The minimum absolute atomic E-state index is 0.223. The highest BCUT2D eigenvalue weighted by molar-refractivity contribution is 14.1. The summed E-state index contributed by atoms with van der Waals surface area (Å²) >= 11 is 5.61. The summed E-state index contributed by atoms with van der Waals surface area (Å²) in [5, 5.41) is 0. The molecule has 0 saturated carbocycles. The summed E-state index contributed by atoms with van der Waals surface area (Å²) in [6.07, 6.45) is 3.26. The predicted octanol–water partition coefficient (Wildman–Crippen LogP) is 5.74. The van der Waals surface area contributed by atoms with Gasteiger partial charge in [0.15, 0.2) is 16.3 Å². The van der Waals surface area contributed by atoms with Crippen LogP contribution >= 0.6 is 56.5 Å². The SMILES string of the molecule is CCOc1ccc([C@@H]2C(C(=O)OC)=CN=c3s/c(=C\c4cc(I)c(OCc5cccc(F)c5)c(I)c4)c(=O)n32)cc1OCC. The highest BCUT2D eigenvalue weighted by Crippen LogP contribution is 2.35. The number of rotatable bonds is 10. The average Bonchev–Trinajstić information content (AvgIpc) is 3.31. The maximum atomic E-state index is 13.9. The number of ether oxygens (including phenoxy) is 4. The summed E-state index contributed by atoms with van der Waals surface area (Å²) < 4.78 is 39.8. The van der Waals surface area contributed by atoms with Crippen LogP contribution in [0.25, 0.3) is 6.08 Å². The molecule has 1 aromatic heterocycles. The molecule has 1 aliphatic rings. The van der Waals surface area contributed by atoms with Gasteiger partial charge in [0.1, 0.15) is 18.2 Å². The van der Waals surface area contributed by atoms with Crippen molar-refractivity contribution in [3.05, 3.63) is 116 Å². The van der Waals surface area contributed by atoms with E-state index in [-0.39, 0.29) is 23.6 Å². The van der Waals surface area contributed by atoms with Crippen LogP contribution < -0.4 is 29.1 Å². The fraction of sp³-hybridized carbons (Fsp3) is 0.219. The molecule has 0 radical (unpaired) electrons. The first-order valence-corrected chi connectivity index (χ1v) is 16.6. The second-order valence-corrected chi connectivity index (χ2v) is 12.8. The van der Waals surface area contributed by atoms with Gasteiger partial charge in [0.25, 0.3) is 5.56 Å². The van der Waals surface area contributed by atoms with Gasteiger partial charge >= 0.3 is 5.97 Å². The molecular formula is C32H27FI2N2O6S. The number of thiazole rings is 1. The van der Waals surface area contributed by atoms with Crippen LogP contribution in [0.15, 0.2) is 76.2 Å². The summed E-state index contributed by atoms with van der Waals surface area (Å²) in [4.78, 5) is 31.7. The van der Waals surface area contributed by atoms with Crippen LogP contribution in [0.1, 0.15) is 36.6 Å². The van der Waals surface area contributed by atoms with Crippen LogP contribution in [0.2, 0.25) is 0 Å². The fourth-order valence-electron chi connectivity index (χ4n) is 4.72. The number of esters is 1. The smallest absolute Gasteiger partial charge is 0.337 e. The van der Waals surface area contributed by atoms with Crippen molar-refractivity contribution in [2.45, 2.75) is 26.5 Å². The third-order valence-corrected chi connectivity index (χ3v) is 9.20. The molecule has 0 amide bonds. The van der Waals surface area contributed by atoms with Crippen molar-refractivity contribution in [1.82, 2.24) is 4.57 Å². The quantitative estimate of drug-likeness (QED) is 0.150. The summed E-state index contributed by atoms with van der Waals surface area (Å²) in [5.41, 5.74) is 2.10. The Morgan fingerprint density at radius 3 is 2.43 bits per heavy atom. The second-order valence-electron chi connectivity index (χ2n) is 9.48. The molecule has 0 bridgehead atoms. The number of carbonyl (C=O) groups excluding carboxylic acids is 1. The first kappa shape index (κ1) is 32.2. The van der Waals surface area contributed by atoms with Crippen LogP contribution in [0.5, 0.6) is 17.2 Å². The standard InChI is InChI=1S/C32H27FI2N2O6S/c1-4-41-25-10-9-20(15-26(25)42-5-2)28-22(31(39)40-3)16-36-32-37(28)30(38)27(44-32)14-19-12-23(34)29(24(35)13-19)43-17-18-7-6-8-21(33)11-18/h6-16,28H,4-5,17H2,1-3H3/b27-14-/t28-/m1/s1. The molecule has 0 unspecified atom stereocenters. The minimum Gasteiger partial charge on any atom is -0.490 e. The molecule has 0 spiro atoms. The van der Waals surface area contributed by atoms with E-state index in [9.17, 15) is 14.0 Å². The van der Waals surface area contributed by atoms with Crippen molar-refractivity contribution in [3.63, 3.8) is 0 Å². The van der Waals surface area contributed by atoms with Gasteiger partial charge in [-0.05, 0) is 118 Å². The lowest BCUT2D eigenvalue weighted by Gasteiger charge is -2.23. The molecule has 0 N–H and O–H groups in total. The molecule has 5 rings (SSSR count). The van der Waals surface area contributed by atoms with Gasteiger partial charge in [-0.25, -0.2) is 14.2 Å². The normalized spacial score (nSPS) is 14.4. The number of aromatic nitrogens is 1. The largest absolute Gasteiger partial charge is 0.490 e. The van der Waals surface area contributed by atoms with E-state index in [1.165, 1.54) is 41.3 Å². The Hall–Kier alpha value is -3.24. The van der Waals surface area contributed by atoms with Crippen molar-refractivity contribution < 1.29 is 28.1 Å². The Kier molecular flexibility index (Phi) is 10.4.